The van der Waals surface area contributed by atoms with E-state index in [0.29, 0.717) is 6.07 Å². The van der Waals surface area contributed by atoms with Gasteiger partial charge in [-0.05, 0) is 12.1 Å². The molecule has 0 aliphatic heterocycles. The molecule has 0 saturated heterocycles. The molecule has 112 valence electrons. The second-order valence-electron chi connectivity index (χ2n) is 3.79. The number of carbonyl (C=O) groups is 1. The summed E-state index contributed by atoms with van der Waals surface area (Å²) in [5.41, 5.74) is 1.64. The number of halogens is 7. The van der Waals surface area contributed by atoms with Gasteiger partial charge in [0, 0.05) is 5.56 Å². The van der Waals surface area contributed by atoms with E-state index in [-0.39, 0.29) is 0 Å². The van der Waals surface area contributed by atoms with Crippen LogP contribution in [0.1, 0.15) is 10.4 Å². The molecule has 0 radical (unpaired) electrons. The minimum absolute atomic E-state index is 0.442. The van der Waals surface area contributed by atoms with E-state index in [9.17, 15) is 35.5 Å². The van der Waals surface area contributed by atoms with Crippen LogP contribution in [0.5, 0.6) is 0 Å². The van der Waals surface area contributed by atoms with Crippen LogP contribution in [-0.4, -0.2) is 23.8 Å². The lowest BCUT2D eigenvalue weighted by Crippen LogP contribution is -2.59. The van der Waals surface area contributed by atoms with Crippen LogP contribution < -0.4 is 11.5 Å². The molecule has 0 heterocycles. The van der Waals surface area contributed by atoms with Crippen LogP contribution in [0.25, 0.3) is 0 Å². The van der Waals surface area contributed by atoms with Crippen molar-refractivity contribution in [1.82, 2.24) is 0 Å². The number of carbonyl (C=O) groups excluding carboxylic acids is 1. The summed E-state index contributed by atoms with van der Waals surface area (Å²) in [6.45, 7) is 0. The van der Waals surface area contributed by atoms with E-state index in [1.165, 1.54) is 0 Å². The van der Waals surface area contributed by atoms with Crippen molar-refractivity contribution in [3.05, 3.63) is 23.8 Å². The van der Waals surface area contributed by atoms with Crippen molar-refractivity contribution in [2.24, 2.45) is 0 Å². The molecular weight excluding hydrogens is 297 g/mol. The van der Waals surface area contributed by atoms with Gasteiger partial charge in [0.15, 0.2) is 0 Å². The number of nitrogen functional groups attached to an aromatic ring is 2. The average Bonchev–Trinajstić information content (AvgIpc) is 2.27. The van der Waals surface area contributed by atoms with E-state index < -0.39 is 40.7 Å². The maximum absolute atomic E-state index is 13.5. The molecule has 10 heteroatoms. The van der Waals surface area contributed by atoms with Gasteiger partial charge in [0.2, 0.25) is 5.78 Å². The molecule has 0 aliphatic carbocycles. The highest BCUT2D eigenvalue weighted by molar-refractivity contribution is 6.08. The molecule has 1 aromatic rings. The minimum atomic E-state index is -6.49. The number of rotatable bonds is 2. The van der Waals surface area contributed by atoms with Gasteiger partial charge in [-0.25, -0.2) is 4.39 Å². The lowest BCUT2D eigenvalue weighted by atomic mass is 9.92. The predicted molar refractivity (Wildman–Crippen MR) is 55.5 cm³/mol. The molecular formula is C10H7F7N2O. The Hall–Kier alpha value is -2.00. The normalized spacial score (nSPS) is 13.3. The van der Waals surface area contributed by atoms with E-state index in [2.05, 4.69) is 0 Å². The third-order valence-corrected chi connectivity index (χ3v) is 2.48. The highest BCUT2D eigenvalue weighted by Gasteiger charge is 2.77. The van der Waals surface area contributed by atoms with E-state index in [1.807, 2.05) is 0 Å². The van der Waals surface area contributed by atoms with Gasteiger partial charge in [-0.1, -0.05) is 6.07 Å². The highest BCUT2D eigenvalue weighted by atomic mass is 19.4. The fourth-order valence-corrected chi connectivity index (χ4v) is 1.38. The highest BCUT2D eigenvalue weighted by Crippen LogP contribution is 2.48. The van der Waals surface area contributed by atoms with Crippen molar-refractivity contribution in [2.75, 3.05) is 11.5 Å². The Balaban J connectivity index is 3.52. The molecule has 1 rings (SSSR count). The monoisotopic (exact) mass is 304 g/mol. The second-order valence-corrected chi connectivity index (χ2v) is 3.79. The summed E-state index contributed by atoms with van der Waals surface area (Å²) >= 11 is 0. The van der Waals surface area contributed by atoms with E-state index >= 15 is 0 Å². The minimum Gasteiger partial charge on any atom is -0.397 e. The number of ketones is 1. The predicted octanol–water partition coefficient (Wildman–Crippen LogP) is 2.87. The van der Waals surface area contributed by atoms with Crippen LogP contribution in [0, 0.1) is 0 Å². The fourth-order valence-electron chi connectivity index (χ4n) is 1.38. The molecule has 20 heavy (non-hydrogen) atoms. The molecule has 0 unspecified atom stereocenters. The molecule has 0 atom stereocenters. The number of para-hydroxylation sites is 1. The van der Waals surface area contributed by atoms with Crippen molar-refractivity contribution < 1.29 is 35.5 Å². The SMILES string of the molecule is Nc1cccc(C(=O)C(F)(C(F)(F)F)C(F)(F)F)c1N. The largest absolute Gasteiger partial charge is 0.439 e. The van der Waals surface area contributed by atoms with Gasteiger partial charge >= 0.3 is 18.0 Å². The van der Waals surface area contributed by atoms with Crippen LogP contribution in [-0.2, 0) is 0 Å². The van der Waals surface area contributed by atoms with Gasteiger partial charge in [-0.3, -0.25) is 4.79 Å². The van der Waals surface area contributed by atoms with Crippen molar-refractivity contribution >= 4 is 17.2 Å². The molecule has 0 spiro atoms. The number of anilines is 2. The summed E-state index contributed by atoms with van der Waals surface area (Å²) in [7, 11) is 0. The molecule has 0 bridgehead atoms. The summed E-state index contributed by atoms with van der Waals surface area (Å²) in [5.74, 6) is -2.86. The zero-order chi connectivity index (χ0) is 15.9. The molecule has 0 amide bonds. The van der Waals surface area contributed by atoms with Crippen LogP contribution in [0.3, 0.4) is 0 Å². The van der Waals surface area contributed by atoms with Gasteiger partial charge in [0.1, 0.15) is 0 Å². The first kappa shape index (κ1) is 16.1. The Morgan fingerprint density at radius 3 is 1.75 bits per heavy atom. The number of benzene rings is 1. The zero-order valence-corrected chi connectivity index (χ0v) is 9.44. The topological polar surface area (TPSA) is 69.1 Å². The summed E-state index contributed by atoms with van der Waals surface area (Å²) in [6.07, 6.45) is -13.0. The van der Waals surface area contributed by atoms with Crippen LogP contribution in [0.2, 0.25) is 0 Å². The standard InChI is InChI=1S/C10H7F7N2O/c11-8(9(12,13)14,10(15,16)17)7(20)4-2-1-3-5(18)6(4)19/h1-3H,18-19H2. The maximum Gasteiger partial charge on any atom is 0.439 e. The Bertz CT molecular complexity index is 521. The number of hydrogen-bond acceptors (Lipinski definition) is 3. The molecule has 0 saturated carbocycles. The van der Waals surface area contributed by atoms with Gasteiger partial charge in [-0.15, -0.1) is 0 Å². The van der Waals surface area contributed by atoms with Crippen LogP contribution in [0.15, 0.2) is 18.2 Å². The van der Waals surface area contributed by atoms with E-state index in [0.717, 1.165) is 12.1 Å². The summed E-state index contributed by atoms with van der Waals surface area (Å²) in [6, 6.07) is 2.44. The smallest absolute Gasteiger partial charge is 0.397 e. The quantitative estimate of drug-likeness (QED) is 0.501. The Kier molecular flexibility index (Phi) is 3.64. The molecule has 3 nitrogen and oxygen atoms in total. The van der Waals surface area contributed by atoms with Crippen molar-refractivity contribution in [1.29, 1.82) is 0 Å². The Labute approximate surface area is 107 Å². The number of alkyl halides is 7. The van der Waals surface area contributed by atoms with Crippen molar-refractivity contribution in [3.63, 3.8) is 0 Å². The maximum atomic E-state index is 13.5. The van der Waals surface area contributed by atoms with Gasteiger partial charge < -0.3 is 11.5 Å². The third kappa shape index (κ3) is 2.25. The van der Waals surface area contributed by atoms with E-state index in [1.54, 1.807) is 0 Å². The third-order valence-electron chi connectivity index (χ3n) is 2.48. The number of hydrogen-bond donors (Lipinski definition) is 2. The Morgan fingerprint density at radius 2 is 1.35 bits per heavy atom. The first-order valence-corrected chi connectivity index (χ1v) is 4.85. The van der Waals surface area contributed by atoms with Crippen molar-refractivity contribution in [2.45, 2.75) is 18.0 Å². The van der Waals surface area contributed by atoms with Crippen LogP contribution >= 0.6 is 0 Å². The lowest BCUT2D eigenvalue weighted by Gasteiger charge is -2.28. The van der Waals surface area contributed by atoms with Gasteiger partial charge in [-0.2, -0.15) is 26.3 Å². The molecule has 4 N–H and O–H groups in total. The molecule has 0 aliphatic rings. The molecule has 0 fully saturated rings. The van der Waals surface area contributed by atoms with Gasteiger partial charge in [0.05, 0.1) is 11.4 Å². The Morgan fingerprint density at radius 1 is 0.900 bits per heavy atom. The van der Waals surface area contributed by atoms with E-state index in [4.69, 9.17) is 11.5 Å². The average molecular weight is 304 g/mol. The zero-order valence-electron chi connectivity index (χ0n) is 9.44. The first-order chi connectivity index (χ1) is 8.84. The fraction of sp³-hybridized carbons (Fsp3) is 0.300. The summed E-state index contributed by atoms with van der Waals surface area (Å²) < 4.78 is 87.8. The summed E-state index contributed by atoms with van der Waals surface area (Å²) in [5, 5.41) is 0. The number of nitrogens with two attached hydrogens (primary N) is 2. The number of Topliss-reactive ketones (excluding diaryl/α,β-unsaturated/α-hetero) is 1. The molecule has 0 aromatic heterocycles. The van der Waals surface area contributed by atoms with Gasteiger partial charge in [0.25, 0.3) is 0 Å². The second kappa shape index (κ2) is 4.53. The summed E-state index contributed by atoms with van der Waals surface area (Å²) in [4.78, 5) is 11.4. The lowest BCUT2D eigenvalue weighted by molar-refractivity contribution is -0.317. The first-order valence-electron chi connectivity index (χ1n) is 4.85. The van der Waals surface area contributed by atoms with Crippen molar-refractivity contribution in [3.8, 4) is 0 Å². The molecule has 1 aromatic carbocycles. The van der Waals surface area contributed by atoms with Crippen LogP contribution in [0.4, 0.5) is 42.1 Å².